The van der Waals surface area contributed by atoms with Crippen LogP contribution in [-0.2, 0) is 9.53 Å². The van der Waals surface area contributed by atoms with E-state index < -0.39 is 16.5 Å². The van der Waals surface area contributed by atoms with Gasteiger partial charge in [-0.2, -0.15) is 0 Å². The zero-order chi connectivity index (χ0) is 31.2. The van der Waals surface area contributed by atoms with Gasteiger partial charge >= 0.3 is 5.97 Å². The number of nitrogens with zero attached hydrogens (tertiary/aromatic N) is 1. The summed E-state index contributed by atoms with van der Waals surface area (Å²) < 4.78 is 9.01. The van der Waals surface area contributed by atoms with Crippen molar-refractivity contribution in [3.8, 4) is 0 Å². The van der Waals surface area contributed by atoms with E-state index in [1.54, 1.807) is 0 Å². The monoisotopic (exact) mass is 631 g/mol. The number of carbonyl (C=O) groups is 1. The highest BCUT2D eigenvalue weighted by atomic mass is 28.4. The number of rotatable bonds is 9. The molecule has 0 aromatic heterocycles. The first kappa shape index (κ1) is 29.9. The Morgan fingerprint density at radius 2 is 0.696 bits per heavy atom. The van der Waals surface area contributed by atoms with Crippen LogP contribution in [0.1, 0.15) is 12.8 Å². The van der Waals surface area contributed by atoms with Crippen LogP contribution in [0.15, 0.2) is 182 Å². The lowest BCUT2D eigenvalue weighted by Crippen LogP contribution is -2.92. The predicted molar refractivity (Wildman–Crippen MR) is 194 cm³/mol. The average Bonchev–Trinajstić information content (AvgIpc) is 3.15. The van der Waals surface area contributed by atoms with E-state index in [0.717, 1.165) is 6.42 Å². The molecule has 46 heavy (non-hydrogen) atoms. The lowest BCUT2D eigenvalue weighted by molar-refractivity contribution is -0.148. The van der Waals surface area contributed by atoms with E-state index in [4.69, 9.17) is 4.74 Å². The van der Waals surface area contributed by atoms with Crippen LogP contribution < -0.4 is 31.1 Å². The standard InChI is InChI=1S/C41H37NO2Si2/c43-41-32-31-34(33-44-41)42(45(35-19-7-1-8-20-35,36-21-9-2-10-22-36)37-23-11-3-12-24-37)46(38-25-13-4-14-26-38,39-27-15-5-16-28-39)40-29-17-6-18-30-40/h1-30,34H,31-33H2. The van der Waals surface area contributed by atoms with Gasteiger partial charge in [-0.25, -0.2) is 0 Å². The Balaban J connectivity index is 1.72. The SMILES string of the molecule is O=C1CCC(N([Si](c2ccccc2)(c2ccccc2)c2ccccc2)[Si](c2ccccc2)(c2ccccc2)c2ccccc2)CO1. The average molecular weight is 632 g/mol. The third-order valence-corrected chi connectivity index (χ3v) is 20.6. The number of hydrogen-bond acceptors (Lipinski definition) is 3. The van der Waals surface area contributed by atoms with Crippen LogP contribution >= 0.6 is 0 Å². The number of esters is 1. The van der Waals surface area contributed by atoms with Crippen molar-refractivity contribution in [2.24, 2.45) is 0 Å². The number of cyclic esters (lactones) is 1. The van der Waals surface area contributed by atoms with Crippen molar-refractivity contribution in [2.45, 2.75) is 18.9 Å². The molecule has 0 spiro atoms. The van der Waals surface area contributed by atoms with E-state index in [2.05, 4.69) is 186 Å². The molecule has 3 nitrogen and oxygen atoms in total. The fraction of sp³-hybridized carbons (Fsp3) is 0.0976. The molecule has 1 unspecified atom stereocenters. The lowest BCUT2D eigenvalue weighted by Gasteiger charge is -2.57. The molecule has 6 aromatic carbocycles. The van der Waals surface area contributed by atoms with Gasteiger partial charge in [0.1, 0.15) is 6.61 Å². The van der Waals surface area contributed by atoms with E-state index in [1.165, 1.54) is 31.1 Å². The Kier molecular flexibility index (Phi) is 8.62. The van der Waals surface area contributed by atoms with Crippen LogP contribution in [0.5, 0.6) is 0 Å². The van der Waals surface area contributed by atoms with Crippen molar-refractivity contribution in [3.63, 3.8) is 0 Å². The van der Waals surface area contributed by atoms with Gasteiger partial charge in [0, 0.05) is 12.5 Å². The largest absolute Gasteiger partial charge is 0.464 e. The molecule has 0 saturated carbocycles. The quantitative estimate of drug-likeness (QED) is 0.135. The molecule has 1 atom stereocenters. The third-order valence-electron chi connectivity index (χ3n) is 9.36. The van der Waals surface area contributed by atoms with Gasteiger partial charge in [0.2, 0.25) is 16.5 Å². The maximum atomic E-state index is 12.7. The number of ether oxygens (including phenoxy) is 1. The maximum absolute atomic E-state index is 12.7. The fourth-order valence-electron chi connectivity index (χ4n) is 7.54. The zero-order valence-corrected chi connectivity index (χ0v) is 27.8. The molecule has 0 radical (unpaired) electrons. The molecular weight excluding hydrogens is 595 g/mol. The second kappa shape index (κ2) is 13.3. The van der Waals surface area contributed by atoms with Crippen molar-refractivity contribution in [2.75, 3.05) is 6.61 Å². The Labute approximate surface area is 273 Å². The van der Waals surface area contributed by atoms with Gasteiger partial charge in [-0.15, -0.1) is 0 Å². The van der Waals surface area contributed by atoms with Crippen LogP contribution in [0.25, 0.3) is 0 Å². The topological polar surface area (TPSA) is 29.5 Å². The minimum absolute atomic E-state index is 0.0303. The first-order valence-corrected chi connectivity index (χ1v) is 19.9. The van der Waals surface area contributed by atoms with E-state index >= 15 is 0 Å². The molecule has 5 heteroatoms. The summed E-state index contributed by atoms with van der Waals surface area (Å²) in [5.41, 5.74) is 0. The van der Waals surface area contributed by atoms with E-state index in [0.29, 0.717) is 13.0 Å². The van der Waals surface area contributed by atoms with Crippen molar-refractivity contribution in [3.05, 3.63) is 182 Å². The first-order chi connectivity index (χ1) is 22.8. The van der Waals surface area contributed by atoms with Crippen molar-refractivity contribution >= 4 is 53.6 Å². The van der Waals surface area contributed by atoms with Crippen LogP contribution in [0.4, 0.5) is 0 Å². The summed E-state index contributed by atoms with van der Waals surface area (Å²) in [5, 5.41) is 7.86. The second-order valence-corrected chi connectivity index (χ2v) is 19.6. The van der Waals surface area contributed by atoms with Crippen molar-refractivity contribution < 1.29 is 9.53 Å². The van der Waals surface area contributed by atoms with Gasteiger partial charge in [-0.3, -0.25) is 4.79 Å². The van der Waals surface area contributed by atoms with E-state index in [-0.39, 0.29) is 12.0 Å². The highest BCUT2D eigenvalue weighted by molar-refractivity contribution is 7.22. The molecule has 0 bridgehead atoms. The van der Waals surface area contributed by atoms with E-state index in [1.807, 2.05) is 0 Å². The molecule has 7 rings (SSSR count). The summed E-state index contributed by atoms with van der Waals surface area (Å²) in [6, 6.07) is 66.7. The van der Waals surface area contributed by atoms with Crippen LogP contribution in [0, 0.1) is 0 Å². The molecule has 226 valence electrons. The van der Waals surface area contributed by atoms with Gasteiger partial charge in [-0.1, -0.05) is 182 Å². The summed E-state index contributed by atoms with van der Waals surface area (Å²) in [4.78, 5) is 12.7. The summed E-state index contributed by atoms with van der Waals surface area (Å²) in [7, 11) is -6.29. The van der Waals surface area contributed by atoms with Crippen LogP contribution in [-0.4, -0.2) is 39.3 Å². The predicted octanol–water partition coefficient (Wildman–Crippen LogP) is 4.33. The number of benzene rings is 6. The van der Waals surface area contributed by atoms with Crippen molar-refractivity contribution in [1.82, 2.24) is 4.23 Å². The van der Waals surface area contributed by atoms with Gasteiger partial charge in [0.25, 0.3) is 0 Å². The highest BCUT2D eigenvalue weighted by Crippen LogP contribution is 2.29. The number of hydrogen-bond donors (Lipinski definition) is 0. The smallest absolute Gasteiger partial charge is 0.305 e. The van der Waals surface area contributed by atoms with Crippen LogP contribution in [0.3, 0.4) is 0 Å². The fourth-order valence-corrected chi connectivity index (χ4v) is 21.1. The van der Waals surface area contributed by atoms with Crippen molar-refractivity contribution in [1.29, 1.82) is 0 Å². The van der Waals surface area contributed by atoms with Gasteiger partial charge < -0.3 is 8.97 Å². The molecule has 1 heterocycles. The Morgan fingerprint density at radius 1 is 0.435 bits per heavy atom. The Hall–Kier alpha value is -4.82. The summed E-state index contributed by atoms with van der Waals surface area (Å²) in [5.74, 6) is -0.117. The van der Waals surface area contributed by atoms with Gasteiger partial charge in [0.05, 0.1) is 0 Å². The normalized spacial score (nSPS) is 15.3. The minimum Gasteiger partial charge on any atom is -0.464 e. The lowest BCUT2D eigenvalue weighted by atomic mass is 10.1. The summed E-state index contributed by atoms with van der Waals surface area (Å²) in [6.07, 6.45) is 1.12. The van der Waals surface area contributed by atoms with Gasteiger partial charge in [-0.05, 0) is 37.5 Å². The minimum atomic E-state index is -3.14. The molecule has 0 aliphatic carbocycles. The van der Waals surface area contributed by atoms with Crippen LogP contribution in [0.2, 0.25) is 0 Å². The summed E-state index contributed by atoms with van der Waals surface area (Å²) >= 11 is 0. The molecule has 0 N–H and O–H groups in total. The molecule has 1 fully saturated rings. The molecule has 1 saturated heterocycles. The van der Waals surface area contributed by atoms with Gasteiger partial charge in [0.15, 0.2) is 0 Å². The molecule has 1 aliphatic heterocycles. The number of carbonyl (C=O) groups excluding carboxylic acids is 1. The third kappa shape index (κ3) is 5.16. The summed E-state index contributed by atoms with van der Waals surface area (Å²) in [6.45, 7) is 0.349. The molecule has 1 aliphatic rings. The molecule has 6 aromatic rings. The molecular formula is C41H37NO2Si2. The first-order valence-electron chi connectivity index (χ1n) is 16.0. The maximum Gasteiger partial charge on any atom is 0.305 e. The zero-order valence-electron chi connectivity index (χ0n) is 25.8. The Bertz CT molecular complexity index is 1530. The molecule has 0 amide bonds. The Morgan fingerprint density at radius 3 is 0.913 bits per heavy atom. The van der Waals surface area contributed by atoms with E-state index in [9.17, 15) is 4.79 Å². The second-order valence-electron chi connectivity index (χ2n) is 11.9. The highest BCUT2D eigenvalue weighted by Gasteiger charge is 2.60.